The first kappa shape index (κ1) is 37.2. The van der Waals surface area contributed by atoms with Gasteiger partial charge in [-0.15, -0.1) is 8.62 Å². The van der Waals surface area contributed by atoms with Gasteiger partial charge in [-0.25, -0.2) is 33.9 Å². The molecule has 0 bridgehead atoms. The van der Waals surface area contributed by atoms with Crippen molar-refractivity contribution in [3.63, 3.8) is 0 Å². The normalized spacial score (nSPS) is 26.3. The molecule has 6 heterocycles. The monoisotopic (exact) mass is 785 g/mol. The van der Waals surface area contributed by atoms with Crippen molar-refractivity contribution in [1.82, 2.24) is 34.5 Å². The smallest absolute Gasteiger partial charge is 0.388 e. The fourth-order valence-electron chi connectivity index (χ4n) is 5.82. The molecule has 5 aromatic rings. The second-order valence-electron chi connectivity index (χ2n) is 12.4. The number of H-pyrrole nitrogens is 2. The number of imidazole rings is 1. The Morgan fingerprint density at radius 1 is 1.09 bits per heavy atom. The summed E-state index contributed by atoms with van der Waals surface area (Å²) in [4.78, 5) is 55.7. The van der Waals surface area contributed by atoms with Crippen LogP contribution in [-0.4, -0.2) is 115 Å². The maximum Gasteiger partial charge on any atom is 0.751 e. The maximum absolute atomic E-state index is 12.9. The molecule has 10 N–H and O–H groups in total. The third-order valence-electron chi connectivity index (χ3n) is 8.76. The van der Waals surface area contributed by atoms with E-state index >= 15 is 0 Å². The molecule has 0 spiro atoms. The zero-order valence-electron chi connectivity index (χ0n) is 27.5. The summed E-state index contributed by atoms with van der Waals surface area (Å²) in [6.07, 6.45) is -9.16. The van der Waals surface area contributed by atoms with Crippen LogP contribution in [0.15, 0.2) is 34.4 Å². The summed E-state index contributed by atoms with van der Waals surface area (Å²) in [7, 11) is -9.87. The number of phosphoric ester groups is 1. The largest absolute Gasteiger partial charge is 0.751 e. The van der Waals surface area contributed by atoms with Crippen molar-refractivity contribution in [3.8, 4) is 0 Å². The van der Waals surface area contributed by atoms with E-state index in [-0.39, 0.29) is 28.1 Å². The number of nitrogens with two attached hydrogens (primary N) is 1. The third kappa shape index (κ3) is 7.01. The highest BCUT2D eigenvalue weighted by atomic mass is 31.3. The Morgan fingerprint density at radius 3 is 2.58 bits per heavy atom. The summed E-state index contributed by atoms with van der Waals surface area (Å²) in [5.41, 5.74) is 6.57. The van der Waals surface area contributed by atoms with E-state index in [1.54, 1.807) is 23.4 Å². The summed E-state index contributed by atoms with van der Waals surface area (Å²) >= 11 is 0. The Labute approximate surface area is 294 Å². The van der Waals surface area contributed by atoms with Crippen LogP contribution in [0.5, 0.6) is 0 Å². The van der Waals surface area contributed by atoms with Crippen molar-refractivity contribution in [2.45, 2.75) is 63.2 Å². The van der Waals surface area contributed by atoms with Gasteiger partial charge in [0.1, 0.15) is 54.4 Å². The molecule has 1 unspecified atom stereocenters. The number of aromatic amines is 2. The fraction of sp³-hybridized carbons (Fsp3) is 0.444. The van der Waals surface area contributed by atoms with Gasteiger partial charge in [-0.3, -0.25) is 18.9 Å². The molecule has 0 aliphatic carbocycles. The molecule has 2 aliphatic heterocycles. The van der Waals surface area contributed by atoms with Crippen LogP contribution in [-0.2, 0) is 38.2 Å². The summed E-state index contributed by atoms with van der Waals surface area (Å²) in [5.74, 6) is 0.0623. The van der Waals surface area contributed by atoms with Gasteiger partial charge in [0.05, 0.1) is 17.6 Å². The van der Waals surface area contributed by atoms with Crippen LogP contribution in [0.1, 0.15) is 17.4 Å². The van der Waals surface area contributed by atoms with E-state index in [1.807, 2.05) is 6.92 Å². The molecule has 26 heteroatoms. The predicted octanol–water partition coefficient (Wildman–Crippen LogP) is -2.47. The van der Waals surface area contributed by atoms with Crippen molar-refractivity contribution < 1.29 is 66.7 Å². The number of hydrogen-bond donors (Lipinski definition) is 9. The zero-order valence-corrected chi connectivity index (χ0v) is 29.3. The maximum atomic E-state index is 12.9. The number of nitrogen functional groups attached to an aromatic ring is 1. The lowest BCUT2D eigenvalue weighted by atomic mass is 10.1. The van der Waals surface area contributed by atoms with Crippen molar-refractivity contribution in [2.75, 3.05) is 18.9 Å². The molecule has 9 atom stereocenters. The minimum absolute atomic E-state index is 0.0623. The Kier molecular flexibility index (Phi) is 9.56. The average molecular weight is 786 g/mol. The second-order valence-corrected chi connectivity index (χ2v) is 15.7. The first-order valence-corrected chi connectivity index (χ1v) is 18.6. The van der Waals surface area contributed by atoms with Crippen LogP contribution >= 0.6 is 15.6 Å². The van der Waals surface area contributed by atoms with Gasteiger partial charge in [0.15, 0.2) is 29.3 Å². The number of phosphoric acid groups is 1. The number of benzene rings is 1. The lowest BCUT2D eigenvalue weighted by Crippen LogP contribution is -2.51. The van der Waals surface area contributed by atoms with Gasteiger partial charge in [0, 0.05) is 0 Å². The summed E-state index contributed by atoms with van der Waals surface area (Å²) in [6, 6.07) is 3.37. The molecule has 2 saturated heterocycles. The molecule has 0 amide bonds. The van der Waals surface area contributed by atoms with Crippen molar-refractivity contribution in [1.29, 1.82) is 0 Å². The Bertz CT molecular complexity index is 2460. The molecule has 2 fully saturated rings. The zero-order chi connectivity index (χ0) is 38.1. The second kappa shape index (κ2) is 13.6. The molecule has 2 aliphatic rings. The van der Waals surface area contributed by atoms with E-state index in [2.05, 4.69) is 34.2 Å². The van der Waals surface area contributed by atoms with Crippen molar-refractivity contribution in [2.24, 2.45) is 0 Å². The van der Waals surface area contributed by atoms with Crippen molar-refractivity contribution in [3.05, 3.63) is 56.8 Å². The Balaban J connectivity index is 0.976. The summed E-state index contributed by atoms with van der Waals surface area (Å²) in [6.45, 7) is 1.37. The fourth-order valence-corrected chi connectivity index (χ4v) is 8.50. The number of aliphatic hydroxyl groups excluding tert-OH is 5. The number of anilines is 1. The lowest BCUT2D eigenvalue weighted by Gasteiger charge is -2.23. The quantitative estimate of drug-likeness (QED) is 0.0158. The number of aryl methyl sites for hydroxylation is 2. The molecule has 0 radical (unpaired) electrons. The first-order chi connectivity index (χ1) is 25.0. The minimum Gasteiger partial charge on any atom is -0.388 e. The van der Waals surface area contributed by atoms with E-state index in [0.29, 0.717) is 11.0 Å². The number of ether oxygens (including phenoxy) is 1. The van der Waals surface area contributed by atoms with Crippen LogP contribution in [0.2, 0.25) is 0 Å². The topological polar surface area (TPSA) is 351 Å². The van der Waals surface area contributed by atoms with Crippen LogP contribution in [0.4, 0.5) is 5.82 Å². The molecule has 24 nitrogen and oxygen atoms in total. The van der Waals surface area contributed by atoms with Gasteiger partial charge in [-0.05, 0) is 37.1 Å². The number of rotatable bonds is 12. The number of aliphatic hydroxyl groups is 5. The molecule has 53 heavy (non-hydrogen) atoms. The Hall–Kier alpha value is -4.13. The van der Waals surface area contributed by atoms with Gasteiger partial charge in [0.2, 0.25) is 12.1 Å². The first-order valence-electron chi connectivity index (χ1n) is 15.6. The van der Waals surface area contributed by atoms with E-state index in [1.165, 1.54) is 15.5 Å². The van der Waals surface area contributed by atoms with Crippen LogP contribution in [0.25, 0.3) is 33.4 Å². The van der Waals surface area contributed by atoms with Gasteiger partial charge in [-0.1, -0.05) is 0 Å². The predicted molar refractivity (Wildman–Crippen MR) is 175 cm³/mol. The highest BCUT2D eigenvalue weighted by molar-refractivity contribution is 7.64. The highest BCUT2D eigenvalue weighted by Crippen LogP contribution is 2.79. The molecule has 4 aromatic heterocycles. The van der Waals surface area contributed by atoms with Gasteiger partial charge < -0.3 is 40.9 Å². The Morgan fingerprint density at radius 2 is 1.83 bits per heavy atom. The van der Waals surface area contributed by atoms with E-state index in [4.69, 9.17) is 19.7 Å². The number of nitrogens with zero attached hydrogens (tertiary/aromatic N) is 6. The van der Waals surface area contributed by atoms with E-state index in [0.717, 1.165) is 17.5 Å². The standard InChI is InChI=1S/C27H31N9O15P2/c1-10-3-12-13(4-11(10)2)35(24-18(32-12)25(42)34-27(43)33-24)5-14(37)19(39)15(38)6-47-52(44,45)50-53(46)49-51(53)7-16-20(40)21(41)26(48-16)36-9-31-17-22(28)29-8-30-23(17)36/h3-4,8-9,14-16,19-21,26,37-41H,5-7H2,1-2H3,(H3-,28,29,30,34,42,43,44,45)/p+2/t14-,15+,16+,19-,20+,21+,26+,53-/m0/s1. The van der Waals surface area contributed by atoms with E-state index in [9.17, 15) is 49.1 Å². The number of fused-ring (bicyclic) bond motifs is 3. The molecule has 7 rings (SSSR count). The van der Waals surface area contributed by atoms with Crippen LogP contribution < -0.4 is 21.5 Å². The molecule has 284 valence electrons. The van der Waals surface area contributed by atoms with Gasteiger partial charge in [-0.2, -0.15) is 9.55 Å². The molecule has 0 saturated carbocycles. The number of aromatic nitrogens is 8. The average Bonchev–Trinajstić information content (AvgIpc) is 3.37. The third-order valence-corrected chi connectivity index (χ3v) is 11.8. The molecule has 1 aromatic carbocycles. The summed E-state index contributed by atoms with van der Waals surface area (Å²) < 4.78 is 49.7. The van der Waals surface area contributed by atoms with E-state index < -0.39 is 89.5 Å². The molecular weight excluding hydrogens is 752 g/mol. The van der Waals surface area contributed by atoms with Gasteiger partial charge >= 0.3 is 27.0 Å². The lowest BCUT2D eigenvalue weighted by molar-refractivity contribution is -0.657. The minimum atomic E-state index is -5.31. The van der Waals surface area contributed by atoms with Gasteiger partial charge in [0.25, 0.3) is 5.56 Å². The number of nitrogens with one attached hydrogen (secondary N) is 2. The van der Waals surface area contributed by atoms with Crippen molar-refractivity contribution >= 4 is 54.8 Å². The number of hydrogen-bond acceptors (Lipinski definition) is 18. The highest BCUT2D eigenvalue weighted by Gasteiger charge is 2.74. The van der Waals surface area contributed by atoms with Crippen LogP contribution in [0, 0.1) is 13.8 Å². The SMILES string of the molecule is Cc1cc2nc3c(=O)[nH]c(=O)[nH]c3[n+](C[C@H](O)[C@H](O)[C@H](O)COP(=O)(O)O[P@]3(=O)O[O+]3C[C@H]3O[C@@H](n4cnc5c(N)ncnc54)[C@H](O)[C@@H]3O)c2cc1C. The van der Waals surface area contributed by atoms with Crippen LogP contribution in [0.3, 0.4) is 0 Å². The summed E-state index contributed by atoms with van der Waals surface area (Å²) in [5, 5.41) is 53.4. The molecular formula is C27H33N9O15P2+2.